The highest BCUT2D eigenvalue weighted by Gasteiger charge is 2.27. The molecule has 10 heteroatoms. The zero-order valence-corrected chi connectivity index (χ0v) is 18.0. The first-order chi connectivity index (χ1) is 14.8. The highest BCUT2D eigenvalue weighted by molar-refractivity contribution is 7.89. The molecule has 0 spiro atoms. The number of nitrogens with one attached hydrogen (secondary N) is 1. The van der Waals surface area contributed by atoms with E-state index < -0.39 is 27.6 Å². The van der Waals surface area contributed by atoms with E-state index in [0.717, 1.165) is 30.2 Å². The number of anilines is 1. The van der Waals surface area contributed by atoms with Gasteiger partial charge in [0, 0.05) is 42.2 Å². The van der Waals surface area contributed by atoms with Crippen LogP contribution in [0.15, 0.2) is 53.6 Å². The standard InChI is InChI=1S/C21H19F2N3O3S2/c22-16-7-6-14(19(23)12-16)10-17-13-24-21(30-17)25-20(27)15-4-3-5-18(11-15)31(28,29)26-8-1-2-9-26/h3-7,11-13H,1-2,8-10H2,(H,24,25,27). The van der Waals surface area contributed by atoms with Gasteiger partial charge in [0.2, 0.25) is 10.0 Å². The first kappa shape index (κ1) is 21.5. The Morgan fingerprint density at radius 2 is 1.90 bits per heavy atom. The molecule has 4 rings (SSSR count). The monoisotopic (exact) mass is 463 g/mol. The minimum Gasteiger partial charge on any atom is -0.298 e. The molecule has 0 atom stereocenters. The van der Waals surface area contributed by atoms with Gasteiger partial charge in [0.15, 0.2) is 5.13 Å². The molecule has 0 saturated carbocycles. The van der Waals surface area contributed by atoms with E-state index in [1.807, 2.05) is 0 Å². The lowest BCUT2D eigenvalue weighted by Crippen LogP contribution is -2.28. The van der Waals surface area contributed by atoms with Crippen LogP contribution in [0.5, 0.6) is 0 Å². The summed E-state index contributed by atoms with van der Waals surface area (Å²) in [6.07, 6.45) is 3.38. The van der Waals surface area contributed by atoms with E-state index in [4.69, 9.17) is 0 Å². The molecule has 1 amide bonds. The van der Waals surface area contributed by atoms with Crippen LogP contribution in [-0.4, -0.2) is 36.7 Å². The summed E-state index contributed by atoms with van der Waals surface area (Å²) in [7, 11) is -3.63. The Morgan fingerprint density at radius 1 is 1.13 bits per heavy atom. The highest BCUT2D eigenvalue weighted by atomic mass is 32.2. The summed E-state index contributed by atoms with van der Waals surface area (Å²) in [4.78, 5) is 17.5. The van der Waals surface area contributed by atoms with Crippen LogP contribution in [0.25, 0.3) is 0 Å². The maximum absolute atomic E-state index is 13.8. The van der Waals surface area contributed by atoms with Gasteiger partial charge in [-0.25, -0.2) is 22.2 Å². The molecule has 6 nitrogen and oxygen atoms in total. The normalized spacial score (nSPS) is 14.6. The first-order valence-corrected chi connectivity index (χ1v) is 11.9. The summed E-state index contributed by atoms with van der Waals surface area (Å²) in [5.74, 6) is -1.78. The molecule has 1 aromatic heterocycles. The Labute approximate surface area is 182 Å². The summed E-state index contributed by atoms with van der Waals surface area (Å²) < 4.78 is 53.8. The van der Waals surface area contributed by atoms with Gasteiger partial charge in [0.1, 0.15) is 11.6 Å². The van der Waals surface area contributed by atoms with Crippen molar-refractivity contribution in [2.24, 2.45) is 0 Å². The molecule has 0 unspecified atom stereocenters. The molecule has 2 aromatic carbocycles. The van der Waals surface area contributed by atoms with Crippen LogP contribution in [0, 0.1) is 11.6 Å². The lowest BCUT2D eigenvalue weighted by atomic mass is 10.1. The maximum Gasteiger partial charge on any atom is 0.257 e. The van der Waals surface area contributed by atoms with Crippen molar-refractivity contribution in [2.45, 2.75) is 24.2 Å². The summed E-state index contributed by atoms with van der Waals surface area (Å²) in [5, 5.41) is 2.94. The highest BCUT2D eigenvalue weighted by Crippen LogP contribution is 2.25. The second-order valence-electron chi connectivity index (χ2n) is 7.14. The number of nitrogens with zero attached hydrogens (tertiary/aromatic N) is 2. The topological polar surface area (TPSA) is 79.4 Å². The van der Waals surface area contributed by atoms with E-state index >= 15 is 0 Å². The number of rotatable bonds is 6. The fraction of sp³-hybridized carbons (Fsp3) is 0.238. The fourth-order valence-electron chi connectivity index (χ4n) is 3.34. The van der Waals surface area contributed by atoms with E-state index in [9.17, 15) is 22.0 Å². The third kappa shape index (κ3) is 4.81. The molecule has 1 aliphatic rings. The average molecular weight is 464 g/mol. The lowest BCUT2D eigenvalue weighted by molar-refractivity contribution is 0.102. The SMILES string of the molecule is O=C(Nc1ncc(Cc2ccc(F)cc2F)s1)c1cccc(S(=O)(=O)N2CCCC2)c1. The van der Waals surface area contributed by atoms with Crippen LogP contribution < -0.4 is 5.32 Å². The Balaban J connectivity index is 1.46. The molecule has 1 saturated heterocycles. The Morgan fingerprint density at radius 3 is 2.65 bits per heavy atom. The van der Waals surface area contributed by atoms with Gasteiger partial charge in [0.25, 0.3) is 5.91 Å². The third-order valence-electron chi connectivity index (χ3n) is 4.95. The minimum atomic E-state index is -3.63. The number of aromatic nitrogens is 1. The van der Waals surface area contributed by atoms with Crippen LogP contribution in [0.2, 0.25) is 0 Å². The quantitative estimate of drug-likeness (QED) is 0.598. The molecule has 0 bridgehead atoms. The van der Waals surface area contributed by atoms with Crippen LogP contribution in [0.4, 0.5) is 13.9 Å². The number of benzene rings is 2. The van der Waals surface area contributed by atoms with E-state index in [0.29, 0.717) is 28.7 Å². The van der Waals surface area contributed by atoms with Gasteiger partial charge >= 0.3 is 0 Å². The van der Waals surface area contributed by atoms with Crippen molar-refractivity contribution < 1.29 is 22.0 Å². The van der Waals surface area contributed by atoms with Crippen LogP contribution in [0.1, 0.15) is 33.6 Å². The molecule has 3 aromatic rings. The number of amides is 1. The molecule has 1 N–H and O–H groups in total. The van der Waals surface area contributed by atoms with E-state index in [-0.39, 0.29) is 16.9 Å². The van der Waals surface area contributed by atoms with Crippen LogP contribution in [-0.2, 0) is 16.4 Å². The van der Waals surface area contributed by atoms with Gasteiger partial charge in [-0.1, -0.05) is 12.1 Å². The van der Waals surface area contributed by atoms with E-state index in [2.05, 4.69) is 10.3 Å². The van der Waals surface area contributed by atoms with Crippen LogP contribution in [0.3, 0.4) is 0 Å². The Hall–Kier alpha value is -2.69. The number of hydrogen-bond donors (Lipinski definition) is 1. The maximum atomic E-state index is 13.8. The molecule has 1 fully saturated rings. The first-order valence-electron chi connectivity index (χ1n) is 9.63. The number of halogens is 2. The number of carbonyl (C=O) groups is 1. The van der Waals surface area contributed by atoms with Crippen molar-refractivity contribution in [3.05, 3.63) is 76.3 Å². The van der Waals surface area contributed by atoms with Crippen molar-refractivity contribution in [3.63, 3.8) is 0 Å². The molecule has 0 aliphatic carbocycles. The molecular weight excluding hydrogens is 444 g/mol. The van der Waals surface area contributed by atoms with Crippen LogP contribution >= 0.6 is 11.3 Å². The lowest BCUT2D eigenvalue weighted by Gasteiger charge is -2.15. The Kier molecular flexibility index (Phi) is 6.12. The van der Waals surface area contributed by atoms with E-state index in [1.54, 1.807) is 0 Å². The van der Waals surface area contributed by atoms with Gasteiger partial charge in [0.05, 0.1) is 4.90 Å². The molecule has 31 heavy (non-hydrogen) atoms. The summed E-state index contributed by atoms with van der Waals surface area (Å²) in [5.41, 5.74) is 0.518. The zero-order valence-electron chi connectivity index (χ0n) is 16.3. The number of hydrogen-bond acceptors (Lipinski definition) is 5. The van der Waals surface area contributed by atoms with Gasteiger partial charge in [-0.05, 0) is 42.7 Å². The second-order valence-corrected chi connectivity index (χ2v) is 10.2. The second kappa shape index (κ2) is 8.81. The summed E-state index contributed by atoms with van der Waals surface area (Å²) in [6.45, 7) is 0.963. The largest absolute Gasteiger partial charge is 0.298 e. The molecule has 1 aliphatic heterocycles. The van der Waals surface area contributed by atoms with Crippen molar-refractivity contribution in [2.75, 3.05) is 18.4 Å². The van der Waals surface area contributed by atoms with Crippen molar-refractivity contribution in [1.29, 1.82) is 0 Å². The zero-order chi connectivity index (χ0) is 22.0. The van der Waals surface area contributed by atoms with Crippen molar-refractivity contribution >= 4 is 32.4 Å². The third-order valence-corrected chi connectivity index (χ3v) is 7.76. The summed E-state index contributed by atoms with van der Waals surface area (Å²) >= 11 is 1.16. The molecule has 0 radical (unpaired) electrons. The number of thiazole rings is 1. The van der Waals surface area contributed by atoms with Gasteiger partial charge in [-0.15, -0.1) is 11.3 Å². The van der Waals surface area contributed by atoms with E-state index in [1.165, 1.54) is 46.9 Å². The van der Waals surface area contributed by atoms with Gasteiger partial charge in [-0.2, -0.15) is 4.31 Å². The predicted molar refractivity (Wildman–Crippen MR) is 114 cm³/mol. The smallest absolute Gasteiger partial charge is 0.257 e. The number of carbonyl (C=O) groups excluding carboxylic acids is 1. The number of sulfonamides is 1. The minimum absolute atomic E-state index is 0.0775. The average Bonchev–Trinajstić information content (AvgIpc) is 3.43. The summed E-state index contributed by atoms with van der Waals surface area (Å²) in [6, 6.07) is 9.26. The van der Waals surface area contributed by atoms with Crippen molar-refractivity contribution in [1.82, 2.24) is 9.29 Å². The van der Waals surface area contributed by atoms with Gasteiger partial charge < -0.3 is 0 Å². The predicted octanol–water partition coefficient (Wildman–Crippen LogP) is 4.05. The van der Waals surface area contributed by atoms with Crippen molar-refractivity contribution in [3.8, 4) is 0 Å². The Bertz CT molecular complexity index is 1220. The van der Waals surface area contributed by atoms with Gasteiger partial charge in [-0.3, -0.25) is 10.1 Å². The molecule has 2 heterocycles. The fourth-order valence-corrected chi connectivity index (χ4v) is 5.74. The molecular formula is C21H19F2N3O3S2. The molecule has 162 valence electrons.